The van der Waals surface area contributed by atoms with Gasteiger partial charge >= 0.3 is 12.4 Å². The molecule has 3 N–H and O–H groups in total. The van der Waals surface area contributed by atoms with Gasteiger partial charge in [0.1, 0.15) is 11.6 Å². The second-order valence-electron chi connectivity index (χ2n) is 11.1. The molecule has 2 atom stereocenters. The summed E-state index contributed by atoms with van der Waals surface area (Å²) >= 11 is 0. The fraction of sp³-hybridized carbons (Fsp3) is 0.400. The highest BCUT2D eigenvalue weighted by Gasteiger charge is 2.41. The fourth-order valence-corrected chi connectivity index (χ4v) is 5.36. The molecule has 0 unspecified atom stereocenters. The highest BCUT2D eigenvalue weighted by molar-refractivity contribution is 6.03. The Hall–Kier alpha value is -3.75. The second-order valence-corrected chi connectivity index (χ2v) is 11.1. The van der Waals surface area contributed by atoms with Crippen molar-refractivity contribution in [3.8, 4) is 11.1 Å². The number of aromatic nitrogens is 1. The van der Waals surface area contributed by atoms with Crippen LogP contribution < -0.4 is 9.80 Å². The van der Waals surface area contributed by atoms with E-state index in [1.54, 1.807) is 4.90 Å². The number of carbonyl (C=O) groups excluding carboxylic acids is 1. The van der Waals surface area contributed by atoms with Crippen LogP contribution in [0.15, 0.2) is 48.7 Å². The van der Waals surface area contributed by atoms with Gasteiger partial charge in [-0.2, -0.15) is 26.3 Å². The lowest BCUT2D eigenvalue weighted by atomic mass is 9.81. The Morgan fingerprint density at radius 3 is 2.11 bits per heavy atom. The van der Waals surface area contributed by atoms with E-state index in [9.17, 15) is 50.8 Å². The number of nitrogens with zero attached hydrogens (tertiary/aromatic N) is 3. The SMILES string of the molecule is CN(C(=O)C(C)(C)c1cc(C(F)(F)F)cc(C(F)(F)F)c1)c1cnc(N2CC[C@H](O)[C@H]2CO)cc1-c1cccc(F)c1CO. The first-order chi connectivity index (χ1) is 20.4. The molecule has 0 aliphatic carbocycles. The molecule has 4 rings (SSSR count). The Kier molecular flexibility index (Phi) is 9.02. The van der Waals surface area contributed by atoms with Crippen LogP contribution in [0, 0.1) is 5.82 Å². The molecule has 2 aromatic carbocycles. The van der Waals surface area contributed by atoms with Gasteiger partial charge in [0, 0.05) is 24.7 Å². The summed E-state index contributed by atoms with van der Waals surface area (Å²) < 4.78 is 96.2. The molecule has 3 aromatic rings. The van der Waals surface area contributed by atoms with Crippen molar-refractivity contribution >= 4 is 17.4 Å². The Balaban J connectivity index is 1.87. The van der Waals surface area contributed by atoms with E-state index >= 15 is 0 Å². The van der Waals surface area contributed by atoms with Gasteiger partial charge in [0.05, 0.1) is 53.8 Å². The standard InChI is InChI=1S/C30H30F7N3O4/c1-28(2,16-9-17(29(32,33)34)11-18(10-16)30(35,36)37)27(44)39(3)23-13-38-26(40-8-7-25(43)24(40)15-42)12-20(23)19-5-4-6-22(31)21(19)14-41/h4-6,9-13,24-25,41-43H,7-8,14-15H2,1-3H3/t24-,25+/m1/s1. The number of likely N-dealkylation sites (N-methyl/N-ethyl adjacent to an activating group) is 1. The zero-order valence-corrected chi connectivity index (χ0v) is 23.8. The minimum Gasteiger partial charge on any atom is -0.394 e. The Morgan fingerprint density at radius 2 is 1.57 bits per heavy atom. The number of alkyl halides is 6. The average Bonchev–Trinajstić information content (AvgIpc) is 3.34. The van der Waals surface area contributed by atoms with E-state index in [1.807, 2.05) is 0 Å². The second kappa shape index (κ2) is 12.0. The first kappa shape index (κ1) is 33.1. The van der Waals surface area contributed by atoms with Crippen LogP contribution in [-0.2, 0) is 29.2 Å². The highest BCUT2D eigenvalue weighted by atomic mass is 19.4. The molecule has 1 aliphatic rings. The van der Waals surface area contributed by atoms with Crippen LogP contribution in [0.4, 0.5) is 42.2 Å². The average molecular weight is 630 g/mol. The molecule has 2 heterocycles. The lowest BCUT2D eigenvalue weighted by Gasteiger charge is -2.33. The van der Waals surface area contributed by atoms with Gasteiger partial charge in [-0.25, -0.2) is 9.37 Å². The third-order valence-electron chi connectivity index (χ3n) is 7.94. The number of hydrogen-bond donors (Lipinski definition) is 3. The Labute approximate surface area is 248 Å². The maximum absolute atomic E-state index is 14.8. The van der Waals surface area contributed by atoms with Gasteiger partial charge in [-0.1, -0.05) is 12.1 Å². The van der Waals surface area contributed by atoms with Crippen molar-refractivity contribution in [1.29, 1.82) is 0 Å². The number of halogens is 7. The molecule has 0 saturated carbocycles. The normalized spacial score (nSPS) is 17.7. The van der Waals surface area contributed by atoms with Crippen LogP contribution in [0.1, 0.15) is 42.5 Å². The van der Waals surface area contributed by atoms with E-state index in [4.69, 9.17) is 0 Å². The number of aliphatic hydroxyl groups is 3. The molecule has 7 nitrogen and oxygen atoms in total. The number of rotatable bonds is 7. The van der Waals surface area contributed by atoms with E-state index in [-0.39, 0.29) is 34.3 Å². The van der Waals surface area contributed by atoms with Crippen molar-refractivity contribution < 1.29 is 50.8 Å². The summed E-state index contributed by atoms with van der Waals surface area (Å²) in [4.78, 5) is 20.9. The summed E-state index contributed by atoms with van der Waals surface area (Å²) in [6.07, 6.45) is -9.58. The van der Waals surface area contributed by atoms with Crippen LogP contribution in [0.3, 0.4) is 0 Å². The van der Waals surface area contributed by atoms with Gasteiger partial charge < -0.3 is 25.1 Å². The van der Waals surface area contributed by atoms with Crippen molar-refractivity contribution in [3.63, 3.8) is 0 Å². The predicted molar refractivity (Wildman–Crippen MR) is 147 cm³/mol. The molecular formula is C30H30F7N3O4. The summed E-state index contributed by atoms with van der Waals surface area (Å²) in [6, 6.07) is 5.63. The molecule has 0 radical (unpaired) electrons. The monoisotopic (exact) mass is 629 g/mol. The number of carbonyl (C=O) groups is 1. The molecule has 0 spiro atoms. The van der Waals surface area contributed by atoms with Crippen LogP contribution in [-0.4, -0.2) is 58.6 Å². The van der Waals surface area contributed by atoms with Gasteiger partial charge in [-0.05, 0) is 61.7 Å². The molecular weight excluding hydrogens is 599 g/mol. The Bertz CT molecular complexity index is 1510. The quantitative estimate of drug-likeness (QED) is 0.308. The predicted octanol–water partition coefficient (Wildman–Crippen LogP) is 5.29. The van der Waals surface area contributed by atoms with Gasteiger partial charge in [-0.3, -0.25) is 4.79 Å². The lowest BCUT2D eigenvalue weighted by Crippen LogP contribution is -2.42. The molecule has 238 valence electrons. The number of aliphatic hydroxyl groups excluding tert-OH is 3. The Morgan fingerprint density at radius 1 is 0.977 bits per heavy atom. The van der Waals surface area contributed by atoms with E-state index < -0.39 is 71.5 Å². The molecule has 1 aliphatic heterocycles. The molecule has 0 bridgehead atoms. The summed E-state index contributed by atoms with van der Waals surface area (Å²) in [5, 5.41) is 30.1. The highest BCUT2D eigenvalue weighted by Crippen LogP contribution is 2.42. The van der Waals surface area contributed by atoms with Crippen LogP contribution >= 0.6 is 0 Å². The number of pyridine rings is 1. The van der Waals surface area contributed by atoms with Gasteiger partial charge in [-0.15, -0.1) is 0 Å². The zero-order chi connectivity index (χ0) is 32.8. The minimum absolute atomic E-state index is 0.00967. The lowest BCUT2D eigenvalue weighted by molar-refractivity contribution is -0.143. The van der Waals surface area contributed by atoms with E-state index in [0.29, 0.717) is 25.1 Å². The summed E-state index contributed by atoms with van der Waals surface area (Å²) in [5.74, 6) is -1.44. The smallest absolute Gasteiger partial charge is 0.394 e. The first-order valence-corrected chi connectivity index (χ1v) is 13.4. The van der Waals surface area contributed by atoms with Crippen molar-refractivity contribution in [3.05, 3.63) is 76.7 Å². The van der Waals surface area contributed by atoms with Crippen molar-refractivity contribution in [2.75, 3.05) is 30.0 Å². The number of amides is 1. The minimum atomic E-state index is -5.12. The maximum Gasteiger partial charge on any atom is 0.416 e. The number of hydrogen-bond acceptors (Lipinski definition) is 6. The summed E-state index contributed by atoms with van der Waals surface area (Å²) in [6.45, 7) is 1.51. The zero-order valence-electron chi connectivity index (χ0n) is 23.8. The third-order valence-corrected chi connectivity index (χ3v) is 7.94. The van der Waals surface area contributed by atoms with Gasteiger partial charge in [0.2, 0.25) is 5.91 Å². The topological polar surface area (TPSA) is 97.1 Å². The van der Waals surface area contributed by atoms with Crippen LogP contribution in [0.5, 0.6) is 0 Å². The fourth-order valence-electron chi connectivity index (χ4n) is 5.36. The number of anilines is 2. The van der Waals surface area contributed by atoms with E-state index in [2.05, 4.69) is 4.98 Å². The largest absolute Gasteiger partial charge is 0.416 e. The molecule has 1 amide bonds. The van der Waals surface area contributed by atoms with Gasteiger partial charge in [0.15, 0.2) is 0 Å². The molecule has 1 saturated heterocycles. The van der Waals surface area contributed by atoms with Crippen LogP contribution in [0.25, 0.3) is 11.1 Å². The molecule has 1 aromatic heterocycles. The molecule has 44 heavy (non-hydrogen) atoms. The van der Waals surface area contributed by atoms with Crippen LogP contribution in [0.2, 0.25) is 0 Å². The molecule has 14 heteroatoms. The maximum atomic E-state index is 14.8. The van der Waals surface area contributed by atoms with Gasteiger partial charge in [0.25, 0.3) is 0 Å². The van der Waals surface area contributed by atoms with Crippen molar-refractivity contribution in [2.24, 2.45) is 0 Å². The summed E-state index contributed by atoms with van der Waals surface area (Å²) in [7, 11) is 1.25. The number of benzene rings is 2. The van der Waals surface area contributed by atoms with E-state index in [0.717, 1.165) is 11.0 Å². The third kappa shape index (κ3) is 6.24. The van der Waals surface area contributed by atoms with Crippen molar-refractivity contribution in [1.82, 2.24) is 4.98 Å². The molecule has 1 fully saturated rings. The first-order valence-electron chi connectivity index (χ1n) is 13.4. The van der Waals surface area contributed by atoms with Crippen molar-refractivity contribution in [2.45, 2.75) is 56.8 Å². The van der Waals surface area contributed by atoms with E-state index in [1.165, 1.54) is 45.3 Å². The summed E-state index contributed by atoms with van der Waals surface area (Å²) in [5.41, 5.74) is -5.46.